The van der Waals surface area contributed by atoms with Crippen LogP contribution in [0.3, 0.4) is 0 Å². The number of nitrogens with one attached hydrogen (secondary N) is 1. The molecule has 0 bridgehead atoms. The van der Waals surface area contributed by atoms with Gasteiger partial charge < -0.3 is 15.5 Å². The Morgan fingerprint density at radius 1 is 1.25 bits per heavy atom. The first kappa shape index (κ1) is 14.6. The molecule has 1 aromatic carbocycles. The number of hydrogen-bond donors (Lipinski definition) is 3. The lowest BCUT2D eigenvalue weighted by molar-refractivity contribution is -0.139. The predicted molar refractivity (Wildman–Crippen MR) is 77.7 cm³/mol. The molecule has 0 radical (unpaired) electrons. The molecular formula is C16H21NO3. The summed E-state index contributed by atoms with van der Waals surface area (Å²) in [6, 6.07) is 5.58. The van der Waals surface area contributed by atoms with Crippen molar-refractivity contribution in [2.45, 2.75) is 38.1 Å². The molecule has 0 spiro atoms. The molecule has 4 nitrogen and oxygen atoms in total. The second kappa shape index (κ2) is 7.10. The van der Waals surface area contributed by atoms with E-state index in [9.17, 15) is 15.0 Å². The van der Waals surface area contributed by atoms with Crippen molar-refractivity contribution in [3.63, 3.8) is 0 Å². The van der Waals surface area contributed by atoms with E-state index < -0.39 is 12.0 Å². The van der Waals surface area contributed by atoms with Crippen molar-refractivity contribution in [3.8, 4) is 5.75 Å². The van der Waals surface area contributed by atoms with Crippen molar-refractivity contribution < 1.29 is 15.0 Å². The summed E-state index contributed by atoms with van der Waals surface area (Å²) in [5.41, 5.74) is 2.09. The van der Waals surface area contributed by atoms with Crippen molar-refractivity contribution >= 4 is 5.97 Å². The minimum Gasteiger partial charge on any atom is -0.508 e. The van der Waals surface area contributed by atoms with Gasteiger partial charge in [0.15, 0.2) is 0 Å². The Morgan fingerprint density at radius 2 is 2.00 bits per heavy atom. The van der Waals surface area contributed by atoms with Gasteiger partial charge in [-0.25, -0.2) is 0 Å². The molecule has 0 saturated carbocycles. The topological polar surface area (TPSA) is 69.6 Å². The van der Waals surface area contributed by atoms with Gasteiger partial charge in [-0.2, -0.15) is 0 Å². The summed E-state index contributed by atoms with van der Waals surface area (Å²) in [4.78, 5) is 11.3. The van der Waals surface area contributed by atoms with Gasteiger partial charge in [0.2, 0.25) is 0 Å². The third-order valence-electron chi connectivity index (χ3n) is 3.65. The highest BCUT2D eigenvalue weighted by Crippen LogP contribution is 2.21. The Balaban J connectivity index is 1.91. The minimum absolute atomic E-state index is 0.144. The van der Waals surface area contributed by atoms with E-state index in [2.05, 4.69) is 11.4 Å². The smallest absolute Gasteiger partial charge is 0.325 e. The zero-order valence-corrected chi connectivity index (χ0v) is 11.5. The molecule has 4 heteroatoms. The molecule has 0 fully saturated rings. The lowest BCUT2D eigenvalue weighted by atomic mass is 9.97. The number of phenolic OH excluding ortho intramolecular Hbond substituents is 1. The summed E-state index contributed by atoms with van der Waals surface area (Å²) in [6.45, 7) is 0.656. The largest absolute Gasteiger partial charge is 0.508 e. The highest BCUT2D eigenvalue weighted by Gasteiger charge is 2.19. The van der Waals surface area contributed by atoms with E-state index in [0.29, 0.717) is 12.1 Å². The lowest BCUT2D eigenvalue weighted by Gasteiger charge is -2.17. The fourth-order valence-electron chi connectivity index (χ4n) is 2.52. The molecule has 1 unspecified atom stereocenters. The van der Waals surface area contributed by atoms with Gasteiger partial charge in [0.25, 0.3) is 0 Å². The molecule has 1 aliphatic carbocycles. The Hall–Kier alpha value is -1.81. The standard InChI is InChI=1S/C16H21NO3/c18-14-8-6-13(7-9-14)15(16(19)20)17-11-10-12-4-2-1-3-5-12/h4,6-9,15,17-18H,1-3,5,10-11H2,(H,19,20). The molecule has 0 amide bonds. The van der Waals surface area contributed by atoms with E-state index in [0.717, 1.165) is 19.3 Å². The van der Waals surface area contributed by atoms with Gasteiger partial charge in [-0.15, -0.1) is 0 Å². The molecule has 1 atom stereocenters. The summed E-state index contributed by atoms with van der Waals surface area (Å²) < 4.78 is 0. The van der Waals surface area contributed by atoms with Crippen LogP contribution >= 0.6 is 0 Å². The number of carboxylic acid groups (broad SMARTS) is 1. The van der Waals surface area contributed by atoms with Gasteiger partial charge in [-0.3, -0.25) is 4.79 Å². The summed E-state index contributed by atoms with van der Waals surface area (Å²) >= 11 is 0. The van der Waals surface area contributed by atoms with Gasteiger partial charge in [0.05, 0.1) is 0 Å². The fourth-order valence-corrected chi connectivity index (χ4v) is 2.52. The molecule has 2 rings (SSSR count). The van der Waals surface area contributed by atoms with E-state index in [4.69, 9.17) is 0 Å². The van der Waals surface area contributed by atoms with Crippen LogP contribution in [0.1, 0.15) is 43.7 Å². The van der Waals surface area contributed by atoms with Crippen LogP contribution in [0.15, 0.2) is 35.9 Å². The SMILES string of the molecule is O=C(O)C(NCCC1=CCCCC1)c1ccc(O)cc1. The van der Waals surface area contributed by atoms with Gasteiger partial charge in [0, 0.05) is 0 Å². The van der Waals surface area contributed by atoms with E-state index in [1.807, 2.05) is 0 Å². The highest BCUT2D eigenvalue weighted by atomic mass is 16.4. The fraction of sp³-hybridized carbons (Fsp3) is 0.438. The molecule has 1 aromatic rings. The van der Waals surface area contributed by atoms with Crippen molar-refractivity contribution in [3.05, 3.63) is 41.5 Å². The predicted octanol–water partition coefficient (Wildman–Crippen LogP) is 3.00. The molecule has 0 heterocycles. The number of carboxylic acids is 1. The van der Waals surface area contributed by atoms with E-state index >= 15 is 0 Å². The van der Waals surface area contributed by atoms with Crippen LogP contribution in [-0.4, -0.2) is 22.7 Å². The maximum absolute atomic E-state index is 11.3. The van der Waals surface area contributed by atoms with Crippen LogP contribution in [0.4, 0.5) is 0 Å². The average Bonchev–Trinajstić information content (AvgIpc) is 2.46. The van der Waals surface area contributed by atoms with Crippen LogP contribution in [0.5, 0.6) is 5.75 Å². The summed E-state index contributed by atoms with van der Waals surface area (Å²) in [5, 5.41) is 21.6. The van der Waals surface area contributed by atoms with Gasteiger partial charge in [-0.1, -0.05) is 23.8 Å². The number of rotatable bonds is 6. The quantitative estimate of drug-likeness (QED) is 0.698. The van der Waals surface area contributed by atoms with Crippen molar-refractivity contribution in [2.24, 2.45) is 0 Å². The second-order valence-electron chi connectivity index (χ2n) is 5.18. The van der Waals surface area contributed by atoms with E-state index in [1.165, 1.54) is 30.5 Å². The molecule has 0 aliphatic heterocycles. The van der Waals surface area contributed by atoms with E-state index in [-0.39, 0.29) is 5.75 Å². The molecule has 1 aliphatic rings. The second-order valence-corrected chi connectivity index (χ2v) is 5.18. The Kier molecular flexibility index (Phi) is 5.18. The first-order valence-corrected chi connectivity index (χ1v) is 7.10. The minimum atomic E-state index is -0.895. The first-order valence-electron chi connectivity index (χ1n) is 7.10. The lowest BCUT2D eigenvalue weighted by Crippen LogP contribution is -2.29. The Bertz CT molecular complexity index is 479. The number of aromatic hydroxyl groups is 1. The van der Waals surface area contributed by atoms with Crippen LogP contribution in [0.25, 0.3) is 0 Å². The number of phenols is 1. The van der Waals surface area contributed by atoms with Gasteiger partial charge in [0.1, 0.15) is 11.8 Å². The maximum Gasteiger partial charge on any atom is 0.325 e. The molecule has 20 heavy (non-hydrogen) atoms. The van der Waals surface area contributed by atoms with Crippen molar-refractivity contribution in [2.75, 3.05) is 6.54 Å². The summed E-state index contributed by atoms with van der Waals surface area (Å²) in [6.07, 6.45) is 7.98. The van der Waals surface area contributed by atoms with Crippen molar-refractivity contribution in [1.29, 1.82) is 0 Å². The summed E-state index contributed by atoms with van der Waals surface area (Å²) in [7, 11) is 0. The number of aliphatic carboxylic acids is 1. The van der Waals surface area contributed by atoms with Gasteiger partial charge >= 0.3 is 5.97 Å². The molecule has 108 valence electrons. The van der Waals surface area contributed by atoms with Crippen molar-refractivity contribution in [1.82, 2.24) is 5.32 Å². The Morgan fingerprint density at radius 3 is 2.60 bits per heavy atom. The van der Waals surface area contributed by atoms with Gasteiger partial charge in [-0.05, 0) is 56.3 Å². The third kappa shape index (κ3) is 4.10. The third-order valence-corrected chi connectivity index (χ3v) is 3.65. The van der Waals surface area contributed by atoms with Crippen LogP contribution in [0, 0.1) is 0 Å². The number of benzene rings is 1. The normalized spacial score (nSPS) is 16.5. The number of carbonyl (C=O) groups is 1. The molecule has 0 saturated heterocycles. The monoisotopic (exact) mass is 275 g/mol. The average molecular weight is 275 g/mol. The number of hydrogen-bond acceptors (Lipinski definition) is 3. The maximum atomic E-state index is 11.3. The van der Waals surface area contributed by atoms with Crippen LogP contribution in [-0.2, 0) is 4.79 Å². The Labute approximate surface area is 119 Å². The summed E-state index contributed by atoms with van der Waals surface area (Å²) in [5.74, 6) is -0.751. The molecule has 0 aromatic heterocycles. The first-order chi connectivity index (χ1) is 9.66. The van der Waals surface area contributed by atoms with Crippen LogP contribution < -0.4 is 5.32 Å². The number of allylic oxidation sites excluding steroid dienone is 1. The van der Waals surface area contributed by atoms with Crippen LogP contribution in [0.2, 0.25) is 0 Å². The molecular weight excluding hydrogens is 254 g/mol. The van der Waals surface area contributed by atoms with E-state index in [1.54, 1.807) is 12.1 Å². The molecule has 3 N–H and O–H groups in total. The highest BCUT2D eigenvalue weighted by molar-refractivity contribution is 5.75. The zero-order chi connectivity index (χ0) is 14.4. The zero-order valence-electron chi connectivity index (χ0n) is 11.5.